The third kappa shape index (κ3) is 3.46. The normalized spacial score (nSPS) is 11.4. The second-order valence-corrected chi connectivity index (χ2v) is 6.85. The monoisotopic (exact) mass is 393 g/mol. The third-order valence-corrected chi connectivity index (χ3v) is 4.96. The Bertz CT molecular complexity index is 1360. The molecule has 0 saturated heterocycles. The number of hydrogen-bond acceptors (Lipinski definition) is 5. The van der Waals surface area contributed by atoms with E-state index in [1.54, 1.807) is 25.8 Å². The summed E-state index contributed by atoms with van der Waals surface area (Å²) in [5.41, 5.74) is 4.89. The van der Waals surface area contributed by atoms with E-state index in [0.29, 0.717) is 0 Å². The fourth-order valence-electron chi connectivity index (χ4n) is 3.44. The molecule has 0 radical (unpaired) electrons. The van der Waals surface area contributed by atoms with Gasteiger partial charge in [0.25, 0.3) is 0 Å². The average Bonchev–Trinajstić information content (AvgIpc) is 3.26. The summed E-state index contributed by atoms with van der Waals surface area (Å²) in [6, 6.07) is 16.1. The van der Waals surface area contributed by atoms with Crippen LogP contribution in [0.5, 0.6) is 5.75 Å². The second-order valence-electron chi connectivity index (χ2n) is 6.85. The van der Waals surface area contributed by atoms with Gasteiger partial charge in [0.1, 0.15) is 17.9 Å². The highest BCUT2D eigenvalue weighted by Crippen LogP contribution is 2.31. The molecule has 0 aliphatic heterocycles. The molecule has 0 amide bonds. The number of hydrogen-bond donors (Lipinski definition) is 2. The molecule has 2 N–H and O–H groups in total. The van der Waals surface area contributed by atoms with Gasteiger partial charge >= 0.3 is 0 Å². The summed E-state index contributed by atoms with van der Waals surface area (Å²) in [4.78, 5) is 16.2. The van der Waals surface area contributed by atoms with Crippen molar-refractivity contribution in [3.8, 4) is 5.75 Å². The van der Waals surface area contributed by atoms with E-state index in [9.17, 15) is 0 Å². The Balaban J connectivity index is 1.56. The van der Waals surface area contributed by atoms with Gasteiger partial charge in [-0.1, -0.05) is 12.2 Å². The maximum absolute atomic E-state index is 5.59. The molecule has 146 valence electrons. The van der Waals surface area contributed by atoms with E-state index in [4.69, 9.17) is 4.74 Å². The van der Waals surface area contributed by atoms with Crippen molar-refractivity contribution in [1.29, 1.82) is 0 Å². The predicted octanol–water partition coefficient (Wildman–Crippen LogP) is 5.43. The summed E-state index contributed by atoms with van der Waals surface area (Å²) in [7, 11) is 1.66. The Morgan fingerprint density at radius 1 is 0.967 bits per heavy atom. The van der Waals surface area contributed by atoms with Crippen LogP contribution in [0.2, 0.25) is 0 Å². The Morgan fingerprint density at radius 3 is 2.73 bits per heavy atom. The zero-order valence-electron chi connectivity index (χ0n) is 16.3. The molecule has 5 aromatic rings. The van der Waals surface area contributed by atoms with Crippen LogP contribution in [0.15, 0.2) is 73.4 Å². The summed E-state index contributed by atoms with van der Waals surface area (Å²) in [5.74, 6) is 1.50. The van der Waals surface area contributed by atoms with Crippen molar-refractivity contribution < 1.29 is 4.74 Å². The Hall–Kier alpha value is -4.19. The van der Waals surface area contributed by atoms with Gasteiger partial charge in [0.2, 0.25) is 0 Å². The van der Waals surface area contributed by atoms with E-state index in [1.807, 2.05) is 60.8 Å². The van der Waals surface area contributed by atoms with Gasteiger partial charge in [0.15, 0.2) is 0 Å². The summed E-state index contributed by atoms with van der Waals surface area (Å²) in [6.45, 7) is 0. The summed E-state index contributed by atoms with van der Waals surface area (Å²) in [5, 5.41) is 5.49. The molecule has 0 saturated carbocycles. The fraction of sp³-hybridized carbons (Fsp3) is 0.0417. The van der Waals surface area contributed by atoms with E-state index in [-0.39, 0.29) is 0 Å². The highest BCUT2D eigenvalue weighted by atomic mass is 16.5. The van der Waals surface area contributed by atoms with Crippen molar-refractivity contribution in [3.05, 3.63) is 84.6 Å². The number of aromatic amines is 1. The van der Waals surface area contributed by atoms with Crippen LogP contribution in [0.1, 0.15) is 11.1 Å². The molecule has 3 aromatic heterocycles. The lowest BCUT2D eigenvalue weighted by Gasteiger charge is -2.11. The lowest BCUT2D eigenvalue weighted by Crippen LogP contribution is -1.97. The van der Waals surface area contributed by atoms with Gasteiger partial charge in [-0.05, 0) is 48.0 Å². The molecule has 0 fully saturated rings. The van der Waals surface area contributed by atoms with E-state index in [0.717, 1.165) is 50.2 Å². The molecule has 0 aliphatic carbocycles. The number of pyridine rings is 1. The predicted molar refractivity (Wildman–Crippen MR) is 121 cm³/mol. The van der Waals surface area contributed by atoms with E-state index in [2.05, 4.69) is 31.3 Å². The summed E-state index contributed by atoms with van der Waals surface area (Å²) >= 11 is 0. The third-order valence-electron chi connectivity index (χ3n) is 4.96. The lowest BCUT2D eigenvalue weighted by molar-refractivity contribution is 0.414. The molecule has 0 unspecified atom stereocenters. The maximum Gasteiger partial charge on any atom is 0.141 e. The van der Waals surface area contributed by atoms with Crippen LogP contribution >= 0.6 is 0 Å². The number of methoxy groups -OCH3 is 1. The first-order valence-electron chi connectivity index (χ1n) is 9.55. The quantitative estimate of drug-likeness (QED) is 0.416. The minimum atomic E-state index is 0.746. The minimum absolute atomic E-state index is 0.746. The molecule has 6 heteroatoms. The summed E-state index contributed by atoms with van der Waals surface area (Å²) in [6.07, 6.45) is 11.1. The smallest absolute Gasteiger partial charge is 0.141 e. The standard InChI is InChI=1S/C24H19N5O/c1-30-23-14-22-20(13-18(23)3-2-16-6-9-25-10-7-16)24(28-15-27-22)29-19-4-5-21-17(12-19)8-11-26-21/h2-15,26H,1H3,(H,27,28,29). The Kier molecular flexibility index (Phi) is 4.57. The van der Waals surface area contributed by atoms with Gasteiger partial charge in [-0.3, -0.25) is 4.98 Å². The first-order chi connectivity index (χ1) is 14.8. The van der Waals surface area contributed by atoms with Crippen molar-refractivity contribution in [2.24, 2.45) is 0 Å². The molecule has 6 nitrogen and oxygen atoms in total. The van der Waals surface area contributed by atoms with Gasteiger partial charge in [-0.25, -0.2) is 9.97 Å². The van der Waals surface area contributed by atoms with Gasteiger partial charge in [-0.15, -0.1) is 0 Å². The van der Waals surface area contributed by atoms with Crippen LogP contribution < -0.4 is 10.1 Å². The molecule has 0 aliphatic rings. The SMILES string of the molecule is COc1cc2ncnc(Nc3ccc4[nH]ccc4c3)c2cc1C=Cc1ccncc1. The number of ether oxygens (including phenoxy) is 1. The van der Waals surface area contributed by atoms with Crippen LogP contribution in [0.25, 0.3) is 34.0 Å². The highest BCUT2D eigenvalue weighted by molar-refractivity contribution is 5.95. The Labute approximate surface area is 173 Å². The van der Waals surface area contributed by atoms with E-state index < -0.39 is 0 Å². The van der Waals surface area contributed by atoms with E-state index >= 15 is 0 Å². The highest BCUT2D eigenvalue weighted by Gasteiger charge is 2.10. The molecular weight excluding hydrogens is 374 g/mol. The average molecular weight is 393 g/mol. The molecular formula is C24H19N5O. The number of rotatable bonds is 5. The van der Waals surface area contributed by atoms with Gasteiger partial charge in [-0.2, -0.15) is 0 Å². The molecule has 3 heterocycles. The zero-order valence-corrected chi connectivity index (χ0v) is 16.3. The van der Waals surface area contributed by atoms with Crippen LogP contribution in [0.4, 0.5) is 11.5 Å². The fourth-order valence-corrected chi connectivity index (χ4v) is 3.44. The maximum atomic E-state index is 5.59. The number of anilines is 2. The van der Waals surface area contributed by atoms with Crippen molar-refractivity contribution >= 4 is 45.5 Å². The largest absolute Gasteiger partial charge is 0.496 e. The Morgan fingerprint density at radius 2 is 1.87 bits per heavy atom. The van der Waals surface area contributed by atoms with Crippen LogP contribution in [-0.4, -0.2) is 27.0 Å². The number of benzene rings is 2. The number of nitrogens with zero attached hydrogens (tertiary/aromatic N) is 3. The molecule has 5 rings (SSSR count). The van der Waals surface area contributed by atoms with Gasteiger partial charge in [0, 0.05) is 52.2 Å². The number of nitrogens with one attached hydrogen (secondary N) is 2. The van der Waals surface area contributed by atoms with Crippen LogP contribution in [-0.2, 0) is 0 Å². The van der Waals surface area contributed by atoms with E-state index in [1.165, 1.54) is 0 Å². The first kappa shape index (κ1) is 17.9. The van der Waals surface area contributed by atoms with Crippen molar-refractivity contribution in [1.82, 2.24) is 19.9 Å². The van der Waals surface area contributed by atoms with Crippen LogP contribution in [0.3, 0.4) is 0 Å². The number of fused-ring (bicyclic) bond motifs is 2. The van der Waals surface area contributed by atoms with Crippen LogP contribution in [0, 0.1) is 0 Å². The zero-order chi connectivity index (χ0) is 20.3. The molecule has 30 heavy (non-hydrogen) atoms. The first-order valence-corrected chi connectivity index (χ1v) is 9.55. The van der Waals surface area contributed by atoms with Gasteiger partial charge < -0.3 is 15.0 Å². The molecule has 0 spiro atoms. The van der Waals surface area contributed by atoms with Gasteiger partial charge in [0.05, 0.1) is 12.6 Å². The number of H-pyrrole nitrogens is 1. The van der Waals surface area contributed by atoms with Crippen molar-refractivity contribution in [2.75, 3.05) is 12.4 Å². The molecule has 0 atom stereocenters. The lowest BCUT2D eigenvalue weighted by atomic mass is 10.1. The van der Waals surface area contributed by atoms with Crippen molar-refractivity contribution in [3.63, 3.8) is 0 Å². The summed E-state index contributed by atoms with van der Waals surface area (Å²) < 4.78 is 5.59. The second kappa shape index (κ2) is 7.67. The molecule has 2 aromatic carbocycles. The number of aromatic nitrogens is 4. The molecule has 0 bridgehead atoms. The van der Waals surface area contributed by atoms with Crippen molar-refractivity contribution in [2.45, 2.75) is 0 Å². The minimum Gasteiger partial charge on any atom is -0.496 e. The topological polar surface area (TPSA) is 75.7 Å².